The predicted molar refractivity (Wildman–Crippen MR) is 123 cm³/mol. The summed E-state index contributed by atoms with van der Waals surface area (Å²) in [5.41, 5.74) is 1.09. The van der Waals surface area contributed by atoms with E-state index in [0.717, 1.165) is 11.1 Å². The number of likely N-dealkylation sites (tertiary alicyclic amines) is 2. The standard InChI is InChI=1S/C26H26N4O4/c31-22(12-11-21-27-28-24(34-21)20-9-5-2-6-10-20)29-15-13-26(14-16-29)17-23(32)30(25(26)33)18-19-7-3-1-4-8-19/h1-10H,11-18H2. The van der Waals surface area contributed by atoms with Crippen molar-refractivity contribution in [3.8, 4) is 11.5 Å². The average molecular weight is 459 g/mol. The second kappa shape index (κ2) is 9.21. The summed E-state index contributed by atoms with van der Waals surface area (Å²) in [7, 11) is 0. The zero-order valence-corrected chi connectivity index (χ0v) is 18.9. The first-order valence-electron chi connectivity index (χ1n) is 11.6. The van der Waals surface area contributed by atoms with Gasteiger partial charge in [-0.25, -0.2) is 0 Å². The van der Waals surface area contributed by atoms with Crippen LogP contribution in [0, 0.1) is 5.41 Å². The van der Waals surface area contributed by atoms with Crippen molar-refractivity contribution in [1.29, 1.82) is 0 Å². The minimum Gasteiger partial charge on any atom is -0.421 e. The molecule has 0 bridgehead atoms. The summed E-state index contributed by atoms with van der Waals surface area (Å²) >= 11 is 0. The van der Waals surface area contributed by atoms with Gasteiger partial charge in [0, 0.05) is 37.9 Å². The van der Waals surface area contributed by atoms with Gasteiger partial charge >= 0.3 is 0 Å². The number of carbonyl (C=O) groups excluding carboxylic acids is 3. The number of rotatable bonds is 6. The number of piperidine rings is 1. The van der Waals surface area contributed by atoms with Crippen molar-refractivity contribution in [1.82, 2.24) is 20.0 Å². The first-order chi connectivity index (χ1) is 16.5. The molecule has 3 aromatic rings. The van der Waals surface area contributed by atoms with Crippen LogP contribution in [0.4, 0.5) is 0 Å². The number of aromatic nitrogens is 2. The molecule has 2 aliphatic rings. The molecule has 2 aromatic carbocycles. The lowest BCUT2D eigenvalue weighted by Crippen LogP contribution is -2.46. The summed E-state index contributed by atoms with van der Waals surface area (Å²) in [4.78, 5) is 41.8. The average Bonchev–Trinajstić information content (AvgIpc) is 3.43. The molecule has 5 rings (SSSR count). The van der Waals surface area contributed by atoms with Gasteiger partial charge in [-0.1, -0.05) is 48.5 Å². The van der Waals surface area contributed by atoms with E-state index < -0.39 is 5.41 Å². The number of aryl methyl sites for hydroxylation is 1. The van der Waals surface area contributed by atoms with E-state index in [1.807, 2.05) is 60.7 Å². The summed E-state index contributed by atoms with van der Waals surface area (Å²) < 4.78 is 5.69. The van der Waals surface area contributed by atoms with E-state index in [-0.39, 0.29) is 30.6 Å². The van der Waals surface area contributed by atoms with Gasteiger partial charge in [0.2, 0.25) is 29.5 Å². The molecule has 0 atom stereocenters. The normalized spacial score (nSPS) is 17.5. The number of imide groups is 1. The third-order valence-electron chi connectivity index (χ3n) is 6.79. The lowest BCUT2D eigenvalue weighted by Gasteiger charge is -2.37. The van der Waals surface area contributed by atoms with Gasteiger partial charge in [-0.15, -0.1) is 10.2 Å². The molecule has 1 spiro atoms. The Hall–Kier alpha value is -3.81. The number of nitrogens with zero attached hydrogens (tertiary/aromatic N) is 4. The van der Waals surface area contributed by atoms with E-state index in [1.165, 1.54) is 4.90 Å². The van der Waals surface area contributed by atoms with Gasteiger partial charge in [0.25, 0.3) is 0 Å². The quantitative estimate of drug-likeness (QED) is 0.526. The van der Waals surface area contributed by atoms with Crippen LogP contribution < -0.4 is 0 Å². The smallest absolute Gasteiger partial charge is 0.247 e. The summed E-state index contributed by atoms with van der Waals surface area (Å²) in [5, 5.41) is 8.12. The van der Waals surface area contributed by atoms with Crippen LogP contribution in [0.1, 0.15) is 37.1 Å². The number of hydrogen-bond donors (Lipinski definition) is 0. The van der Waals surface area contributed by atoms with Crippen LogP contribution in [0.2, 0.25) is 0 Å². The molecule has 2 fully saturated rings. The minimum atomic E-state index is -0.681. The van der Waals surface area contributed by atoms with Crippen LogP contribution in [0.25, 0.3) is 11.5 Å². The van der Waals surface area contributed by atoms with E-state index in [0.29, 0.717) is 50.7 Å². The summed E-state index contributed by atoms with van der Waals surface area (Å²) in [6.07, 6.45) is 1.87. The number of benzene rings is 2. The Bertz CT molecular complexity index is 1180. The Balaban J connectivity index is 1.15. The molecule has 0 aliphatic carbocycles. The fourth-order valence-corrected chi connectivity index (χ4v) is 4.78. The maximum atomic E-state index is 13.2. The molecule has 0 N–H and O–H groups in total. The van der Waals surface area contributed by atoms with Gasteiger partial charge in [-0.05, 0) is 30.5 Å². The van der Waals surface area contributed by atoms with Crippen molar-refractivity contribution in [3.05, 3.63) is 72.1 Å². The van der Waals surface area contributed by atoms with Crippen molar-refractivity contribution >= 4 is 17.7 Å². The summed E-state index contributed by atoms with van der Waals surface area (Å²) in [5.74, 6) is 0.625. The molecule has 3 amide bonds. The third kappa shape index (κ3) is 4.35. The van der Waals surface area contributed by atoms with Crippen molar-refractivity contribution in [2.45, 2.75) is 38.6 Å². The van der Waals surface area contributed by atoms with Gasteiger partial charge in [-0.3, -0.25) is 19.3 Å². The monoisotopic (exact) mass is 458 g/mol. The highest BCUT2D eigenvalue weighted by atomic mass is 16.4. The number of hydrogen-bond acceptors (Lipinski definition) is 6. The lowest BCUT2D eigenvalue weighted by molar-refractivity contribution is -0.145. The topological polar surface area (TPSA) is 96.6 Å². The highest BCUT2D eigenvalue weighted by Crippen LogP contribution is 2.42. The van der Waals surface area contributed by atoms with E-state index >= 15 is 0 Å². The lowest BCUT2D eigenvalue weighted by atomic mass is 9.77. The predicted octanol–water partition coefficient (Wildman–Crippen LogP) is 3.24. The largest absolute Gasteiger partial charge is 0.421 e. The summed E-state index contributed by atoms with van der Waals surface area (Å²) in [6, 6.07) is 19.0. The Morgan fingerprint density at radius 1 is 0.941 bits per heavy atom. The van der Waals surface area contributed by atoms with Gasteiger partial charge in [0.05, 0.1) is 12.0 Å². The van der Waals surface area contributed by atoms with E-state index in [1.54, 1.807) is 4.90 Å². The third-order valence-corrected chi connectivity index (χ3v) is 6.79. The first-order valence-corrected chi connectivity index (χ1v) is 11.6. The second-order valence-corrected chi connectivity index (χ2v) is 8.98. The van der Waals surface area contributed by atoms with Gasteiger partial charge < -0.3 is 9.32 Å². The molecule has 174 valence electrons. The molecule has 0 unspecified atom stereocenters. The van der Waals surface area contributed by atoms with Gasteiger partial charge in [0.15, 0.2) is 0 Å². The fourth-order valence-electron chi connectivity index (χ4n) is 4.78. The van der Waals surface area contributed by atoms with Crippen LogP contribution in [0.15, 0.2) is 65.1 Å². The van der Waals surface area contributed by atoms with Crippen LogP contribution in [0.3, 0.4) is 0 Å². The van der Waals surface area contributed by atoms with Gasteiger partial charge in [0.1, 0.15) is 0 Å². The highest BCUT2D eigenvalue weighted by molar-refractivity contribution is 6.06. The Kier molecular flexibility index (Phi) is 5.96. The van der Waals surface area contributed by atoms with Crippen molar-refractivity contribution in [3.63, 3.8) is 0 Å². The summed E-state index contributed by atoms with van der Waals surface area (Å²) in [6.45, 7) is 1.24. The van der Waals surface area contributed by atoms with Crippen molar-refractivity contribution < 1.29 is 18.8 Å². The Morgan fingerprint density at radius 3 is 2.32 bits per heavy atom. The van der Waals surface area contributed by atoms with Crippen LogP contribution in [-0.2, 0) is 27.3 Å². The molecular formula is C26H26N4O4. The van der Waals surface area contributed by atoms with E-state index in [4.69, 9.17) is 4.42 Å². The maximum absolute atomic E-state index is 13.2. The molecule has 1 aromatic heterocycles. The second-order valence-electron chi connectivity index (χ2n) is 8.98. The van der Waals surface area contributed by atoms with Crippen molar-refractivity contribution in [2.75, 3.05) is 13.1 Å². The van der Waals surface area contributed by atoms with Crippen LogP contribution >= 0.6 is 0 Å². The zero-order chi connectivity index (χ0) is 23.5. The molecule has 3 heterocycles. The molecule has 34 heavy (non-hydrogen) atoms. The van der Waals surface area contributed by atoms with Crippen LogP contribution in [0.5, 0.6) is 0 Å². The number of amides is 3. The molecule has 8 heteroatoms. The van der Waals surface area contributed by atoms with Gasteiger partial charge in [-0.2, -0.15) is 0 Å². The number of carbonyl (C=O) groups is 3. The van der Waals surface area contributed by atoms with Crippen molar-refractivity contribution in [2.24, 2.45) is 5.41 Å². The minimum absolute atomic E-state index is 0.00720. The van der Waals surface area contributed by atoms with E-state index in [2.05, 4.69) is 10.2 Å². The maximum Gasteiger partial charge on any atom is 0.247 e. The fraction of sp³-hybridized carbons (Fsp3) is 0.346. The molecule has 0 saturated carbocycles. The molecular weight excluding hydrogens is 432 g/mol. The SMILES string of the molecule is O=C(CCc1nnc(-c2ccccc2)o1)N1CCC2(CC1)CC(=O)N(Cc1ccccc1)C2=O. The zero-order valence-electron chi connectivity index (χ0n) is 18.9. The molecule has 8 nitrogen and oxygen atoms in total. The molecule has 2 saturated heterocycles. The first kappa shape index (κ1) is 22.0. The highest BCUT2D eigenvalue weighted by Gasteiger charge is 2.52. The van der Waals surface area contributed by atoms with E-state index in [9.17, 15) is 14.4 Å². The Labute approximate surface area is 197 Å². The van der Waals surface area contributed by atoms with Crippen LogP contribution in [-0.4, -0.2) is 50.8 Å². The molecule has 2 aliphatic heterocycles. The molecule has 0 radical (unpaired) electrons. The Morgan fingerprint density at radius 2 is 1.62 bits per heavy atom.